The fourth-order valence-electron chi connectivity index (χ4n) is 0.388. The Kier molecular flexibility index (Phi) is 5.94. The lowest BCUT2D eigenvalue weighted by atomic mass is 10.3. The summed E-state index contributed by atoms with van der Waals surface area (Å²) < 4.78 is 0. The molecular weight excluding hydrogens is 98.1 g/mol. The van der Waals surface area contributed by atoms with E-state index in [9.17, 15) is 0 Å². The quantitative estimate of drug-likeness (QED) is 0.496. The van der Waals surface area contributed by atoms with Crippen molar-refractivity contribution < 1.29 is 0 Å². The van der Waals surface area contributed by atoms with E-state index in [2.05, 4.69) is 18.0 Å². The van der Waals surface area contributed by atoms with E-state index in [0.717, 1.165) is 6.42 Å². The summed E-state index contributed by atoms with van der Waals surface area (Å²) in [4.78, 5) is 3.90. The van der Waals surface area contributed by atoms with Crippen LogP contribution in [0.3, 0.4) is 0 Å². The van der Waals surface area contributed by atoms with E-state index in [1.165, 1.54) is 6.42 Å². The number of unbranched alkanes of at least 4 members (excludes halogenated alkanes) is 1. The molecule has 0 amide bonds. The molecular formula is C7H13N. The van der Waals surface area contributed by atoms with Crippen LogP contribution in [0.5, 0.6) is 0 Å². The molecule has 1 heteroatoms. The van der Waals surface area contributed by atoms with Gasteiger partial charge in [-0.25, -0.2) is 0 Å². The molecule has 0 bridgehead atoms. The van der Waals surface area contributed by atoms with E-state index < -0.39 is 0 Å². The second kappa shape index (κ2) is 6.41. The van der Waals surface area contributed by atoms with Gasteiger partial charge < -0.3 is 0 Å². The molecule has 0 atom stereocenters. The molecule has 0 unspecified atom stereocenters. The zero-order valence-electron chi connectivity index (χ0n) is 5.59. The molecule has 0 aromatic carbocycles. The Morgan fingerprint density at radius 1 is 1.50 bits per heavy atom. The van der Waals surface area contributed by atoms with Crippen LogP contribution in [0.1, 0.15) is 26.7 Å². The molecule has 1 nitrogen and oxygen atoms in total. The van der Waals surface area contributed by atoms with Gasteiger partial charge in [0.2, 0.25) is 0 Å². The lowest BCUT2D eigenvalue weighted by Gasteiger charge is -1.78. The van der Waals surface area contributed by atoms with Crippen LogP contribution in [0, 0.1) is 0 Å². The molecule has 8 heavy (non-hydrogen) atoms. The van der Waals surface area contributed by atoms with Gasteiger partial charge in [0, 0.05) is 12.4 Å². The van der Waals surface area contributed by atoms with Gasteiger partial charge >= 0.3 is 0 Å². The average Bonchev–Trinajstić information content (AvgIpc) is 1.81. The second-order valence-corrected chi connectivity index (χ2v) is 1.58. The highest BCUT2D eigenvalue weighted by molar-refractivity contribution is 5.54. The minimum atomic E-state index is 1.14. The number of hydrogen-bond donors (Lipinski definition) is 0. The first-order valence-electron chi connectivity index (χ1n) is 3.04. The molecule has 0 aliphatic rings. The number of hydrogen-bond acceptors (Lipinski definition) is 1. The molecule has 0 spiro atoms. The molecule has 0 heterocycles. The Bertz CT molecular complexity index is 82.4. The molecule has 0 fully saturated rings. The number of nitrogens with zero attached hydrogens (tertiary/aromatic N) is 1. The van der Waals surface area contributed by atoms with Crippen molar-refractivity contribution in [2.45, 2.75) is 26.7 Å². The van der Waals surface area contributed by atoms with E-state index in [0.29, 0.717) is 0 Å². The van der Waals surface area contributed by atoms with Crippen LogP contribution in [-0.2, 0) is 0 Å². The van der Waals surface area contributed by atoms with Crippen LogP contribution >= 0.6 is 0 Å². The third kappa shape index (κ3) is 5.41. The van der Waals surface area contributed by atoms with Crippen molar-refractivity contribution in [3.63, 3.8) is 0 Å². The third-order valence-corrected chi connectivity index (χ3v) is 0.796. The third-order valence-electron chi connectivity index (χ3n) is 0.796. The molecule has 46 valence electrons. The van der Waals surface area contributed by atoms with Gasteiger partial charge in [0.05, 0.1) is 0 Å². The fraction of sp³-hybridized carbons (Fsp3) is 0.571. The topological polar surface area (TPSA) is 12.4 Å². The SMILES string of the molecule is C/C=N\C=C/CCC. The van der Waals surface area contributed by atoms with Crippen LogP contribution in [0.25, 0.3) is 0 Å². The predicted octanol–water partition coefficient (Wildman–Crippen LogP) is 2.39. The van der Waals surface area contributed by atoms with Crippen LogP contribution in [-0.4, -0.2) is 6.21 Å². The maximum atomic E-state index is 3.90. The Morgan fingerprint density at radius 3 is 2.75 bits per heavy atom. The number of rotatable bonds is 3. The zero-order valence-corrected chi connectivity index (χ0v) is 5.59. The van der Waals surface area contributed by atoms with Crippen LogP contribution in [0.15, 0.2) is 17.3 Å². The molecule has 0 aromatic heterocycles. The molecule has 0 aliphatic carbocycles. The van der Waals surface area contributed by atoms with Gasteiger partial charge in [-0.2, -0.15) is 0 Å². The zero-order chi connectivity index (χ0) is 6.24. The highest BCUT2D eigenvalue weighted by atomic mass is 14.6. The summed E-state index contributed by atoms with van der Waals surface area (Å²) in [6.45, 7) is 4.07. The summed E-state index contributed by atoms with van der Waals surface area (Å²) in [7, 11) is 0. The van der Waals surface area contributed by atoms with Crippen molar-refractivity contribution in [2.24, 2.45) is 4.99 Å². The largest absolute Gasteiger partial charge is 0.270 e. The molecule has 0 saturated carbocycles. The van der Waals surface area contributed by atoms with Gasteiger partial charge in [0.1, 0.15) is 0 Å². The summed E-state index contributed by atoms with van der Waals surface area (Å²) in [5.74, 6) is 0. The Labute approximate surface area is 51.1 Å². The van der Waals surface area contributed by atoms with Crippen LogP contribution in [0.2, 0.25) is 0 Å². The monoisotopic (exact) mass is 111 g/mol. The van der Waals surface area contributed by atoms with Crippen molar-refractivity contribution in [1.29, 1.82) is 0 Å². The fourth-order valence-corrected chi connectivity index (χ4v) is 0.388. The van der Waals surface area contributed by atoms with E-state index >= 15 is 0 Å². The lowest BCUT2D eigenvalue weighted by Crippen LogP contribution is -1.59. The van der Waals surface area contributed by atoms with Crippen LogP contribution < -0.4 is 0 Å². The van der Waals surface area contributed by atoms with Gasteiger partial charge in [-0.1, -0.05) is 19.4 Å². The number of allylic oxidation sites excluding steroid dienone is 1. The van der Waals surface area contributed by atoms with E-state index in [1.54, 1.807) is 6.21 Å². The molecule has 0 radical (unpaired) electrons. The van der Waals surface area contributed by atoms with Crippen LogP contribution in [0.4, 0.5) is 0 Å². The van der Waals surface area contributed by atoms with Crippen molar-refractivity contribution >= 4 is 6.21 Å². The molecule has 0 rings (SSSR count). The van der Waals surface area contributed by atoms with Gasteiger partial charge in [0.15, 0.2) is 0 Å². The minimum absolute atomic E-state index is 1.14. The molecule has 0 N–H and O–H groups in total. The van der Waals surface area contributed by atoms with E-state index in [4.69, 9.17) is 0 Å². The van der Waals surface area contributed by atoms with Crippen molar-refractivity contribution in [3.8, 4) is 0 Å². The average molecular weight is 111 g/mol. The van der Waals surface area contributed by atoms with E-state index in [-0.39, 0.29) is 0 Å². The Hall–Kier alpha value is -0.590. The highest BCUT2D eigenvalue weighted by Crippen LogP contribution is 1.87. The second-order valence-electron chi connectivity index (χ2n) is 1.58. The summed E-state index contributed by atoms with van der Waals surface area (Å²) in [6.07, 6.45) is 8.03. The summed E-state index contributed by atoms with van der Waals surface area (Å²) in [5, 5.41) is 0. The van der Waals surface area contributed by atoms with Crippen molar-refractivity contribution in [3.05, 3.63) is 12.3 Å². The lowest BCUT2D eigenvalue weighted by molar-refractivity contribution is 0.956. The maximum Gasteiger partial charge on any atom is 0.0223 e. The van der Waals surface area contributed by atoms with Gasteiger partial charge in [-0.3, -0.25) is 4.99 Å². The van der Waals surface area contributed by atoms with Gasteiger partial charge in [0.25, 0.3) is 0 Å². The maximum absolute atomic E-state index is 3.90. The minimum Gasteiger partial charge on any atom is -0.270 e. The Balaban J connectivity index is 3.07. The smallest absolute Gasteiger partial charge is 0.0223 e. The first-order valence-corrected chi connectivity index (χ1v) is 3.04. The summed E-state index contributed by atoms with van der Waals surface area (Å²) >= 11 is 0. The summed E-state index contributed by atoms with van der Waals surface area (Å²) in [5.41, 5.74) is 0. The van der Waals surface area contributed by atoms with Gasteiger partial charge in [-0.05, 0) is 13.3 Å². The first kappa shape index (κ1) is 7.41. The summed E-state index contributed by atoms with van der Waals surface area (Å²) in [6, 6.07) is 0. The number of aliphatic imine (C=N–C) groups is 1. The molecule has 0 saturated heterocycles. The van der Waals surface area contributed by atoms with Gasteiger partial charge in [-0.15, -0.1) is 0 Å². The van der Waals surface area contributed by atoms with E-state index in [1.807, 2.05) is 13.1 Å². The first-order chi connectivity index (χ1) is 3.91. The highest BCUT2D eigenvalue weighted by Gasteiger charge is 1.67. The Morgan fingerprint density at radius 2 is 2.25 bits per heavy atom. The molecule has 0 aromatic rings. The standard InChI is InChI=1S/C7H13N/c1-3-5-6-7-8-4-2/h4,6-7H,3,5H2,1-2H3/b7-6-,8-4-. The van der Waals surface area contributed by atoms with Crippen molar-refractivity contribution in [2.75, 3.05) is 0 Å². The molecule has 0 aliphatic heterocycles. The normalized spacial score (nSPS) is 11.8. The predicted molar refractivity (Wildman–Crippen MR) is 38.2 cm³/mol. The van der Waals surface area contributed by atoms with Crippen molar-refractivity contribution in [1.82, 2.24) is 0 Å².